The van der Waals surface area contributed by atoms with Crippen LogP contribution in [0.15, 0.2) is 24.4 Å². The van der Waals surface area contributed by atoms with Gasteiger partial charge in [-0.1, -0.05) is 6.07 Å². The molecule has 0 saturated heterocycles. The Morgan fingerprint density at radius 1 is 1.55 bits per heavy atom. The smallest absolute Gasteiger partial charge is 0.345 e. The molecule has 0 unspecified atom stereocenters. The zero-order valence-corrected chi connectivity index (χ0v) is 12.3. The maximum Gasteiger partial charge on any atom is 0.345 e. The molecule has 0 saturated carbocycles. The normalized spacial score (nSPS) is 14.5. The number of nitrogens with zero attached hydrogens (tertiary/aromatic N) is 2. The molecular formula is C13H12N4O4S. The van der Waals surface area contributed by atoms with Crippen molar-refractivity contribution >= 4 is 33.1 Å². The number of benzene rings is 1. The van der Waals surface area contributed by atoms with Crippen LogP contribution in [-0.4, -0.2) is 22.4 Å². The molecule has 2 aromatic rings. The Labute approximate surface area is 129 Å². The Kier molecular flexibility index (Phi) is 3.63. The van der Waals surface area contributed by atoms with E-state index in [0.717, 1.165) is 16.9 Å². The van der Waals surface area contributed by atoms with E-state index >= 15 is 0 Å². The van der Waals surface area contributed by atoms with Gasteiger partial charge in [-0.05, 0) is 36.0 Å². The Bertz CT molecular complexity index is 745. The van der Waals surface area contributed by atoms with Crippen molar-refractivity contribution in [2.45, 2.75) is 13.0 Å². The second kappa shape index (κ2) is 5.60. The van der Waals surface area contributed by atoms with Crippen LogP contribution in [0, 0.1) is 10.1 Å². The molecule has 2 N–H and O–H groups in total. The number of ether oxygens (including phenoxy) is 1. The van der Waals surface area contributed by atoms with E-state index in [0.29, 0.717) is 16.6 Å². The lowest BCUT2D eigenvalue weighted by molar-refractivity contribution is -0.380. The summed E-state index contributed by atoms with van der Waals surface area (Å²) in [4.78, 5) is 25.5. The number of nitro groups is 1. The number of carbonyl (C=O) groups excluding carboxylic acids is 1. The summed E-state index contributed by atoms with van der Waals surface area (Å²) < 4.78 is 5.30. The lowest BCUT2D eigenvalue weighted by Gasteiger charge is -2.20. The quantitative estimate of drug-likeness (QED) is 0.662. The molecule has 0 aliphatic carbocycles. The molecule has 1 atom stereocenters. The lowest BCUT2D eigenvalue weighted by Crippen LogP contribution is -2.25. The summed E-state index contributed by atoms with van der Waals surface area (Å²) in [6, 6.07) is 5.34. The van der Waals surface area contributed by atoms with Crippen LogP contribution in [0.4, 0.5) is 15.8 Å². The van der Waals surface area contributed by atoms with Crippen LogP contribution in [0.1, 0.15) is 18.5 Å². The van der Waals surface area contributed by atoms with Gasteiger partial charge >= 0.3 is 5.00 Å². The van der Waals surface area contributed by atoms with E-state index in [1.54, 1.807) is 6.07 Å². The number of hydrogen-bond donors (Lipinski definition) is 2. The van der Waals surface area contributed by atoms with Crippen molar-refractivity contribution in [2.75, 3.05) is 17.2 Å². The predicted octanol–water partition coefficient (Wildman–Crippen LogP) is 2.56. The summed E-state index contributed by atoms with van der Waals surface area (Å²) >= 11 is 0.977. The summed E-state index contributed by atoms with van der Waals surface area (Å²) in [5.74, 6) is 0.432. The standard InChI is InChI=1S/C13H12N4O4S/c1-7(15-13-14-5-12(22-13)17(19)20)8-2-3-10-9(4-8)16-11(18)6-21-10/h2-5,7H,6H2,1H3,(H,14,15)(H,16,18)/t7-/m1/s1. The van der Waals surface area contributed by atoms with Gasteiger partial charge in [-0.25, -0.2) is 4.98 Å². The van der Waals surface area contributed by atoms with Gasteiger partial charge < -0.3 is 15.4 Å². The summed E-state index contributed by atoms with van der Waals surface area (Å²) in [5.41, 5.74) is 1.52. The van der Waals surface area contributed by atoms with E-state index in [9.17, 15) is 14.9 Å². The Morgan fingerprint density at radius 3 is 3.09 bits per heavy atom. The molecule has 1 amide bonds. The first-order chi connectivity index (χ1) is 10.5. The molecule has 0 fully saturated rings. The molecule has 2 heterocycles. The van der Waals surface area contributed by atoms with Crippen LogP contribution >= 0.6 is 11.3 Å². The van der Waals surface area contributed by atoms with Gasteiger partial charge in [0.15, 0.2) is 11.7 Å². The van der Waals surface area contributed by atoms with Crippen LogP contribution < -0.4 is 15.4 Å². The molecule has 1 aromatic heterocycles. The zero-order valence-electron chi connectivity index (χ0n) is 11.5. The van der Waals surface area contributed by atoms with Crippen molar-refractivity contribution in [1.82, 2.24) is 4.98 Å². The number of thiazole rings is 1. The Hall–Kier alpha value is -2.68. The number of rotatable bonds is 4. The fourth-order valence-corrected chi connectivity index (χ4v) is 2.77. The topological polar surface area (TPSA) is 106 Å². The first-order valence-electron chi connectivity index (χ1n) is 6.46. The average Bonchev–Trinajstić information content (AvgIpc) is 2.95. The average molecular weight is 320 g/mol. The molecule has 1 aliphatic rings. The van der Waals surface area contributed by atoms with Crippen molar-refractivity contribution in [1.29, 1.82) is 0 Å². The van der Waals surface area contributed by atoms with Crippen LogP contribution in [0.3, 0.4) is 0 Å². The maximum atomic E-state index is 11.3. The minimum absolute atomic E-state index is 0.0131. The maximum absolute atomic E-state index is 11.3. The molecule has 0 bridgehead atoms. The second-order valence-corrected chi connectivity index (χ2v) is 5.73. The molecule has 1 aromatic carbocycles. The molecule has 22 heavy (non-hydrogen) atoms. The van der Waals surface area contributed by atoms with Gasteiger partial charge in [0.2, 0.25) is 0 Å². The van der Waals surface area contributed by atoms with Crippen molar-refractivity contribution in [3.05, 3.63) is 40.1 Å². The number of aromatic nitrogens is 1. The monoisotopic (exact) mass is 320 g/mol. The van der Waals surface area contributed by atoms with Crippen molar-refractivity contribution in [3.8, 4) is 5.75 Å². The van der Waals surface area contributed by atoms with Gasteiger partial charge in [-0.15, -0.1) is 0 Å². The van der Waals surface area contributed by atoms with Crippen molar-refractivity contribution < 1.29 is 14.5 Å². The van der Waals surface area contributed by atoms with E-state index in [1.807, 2.05) is 19.1 Å². The van der Waals surface area contributed by atoms with Crippen molar-refractivity contribution in [3.63, 3.8) is 0 Å². The number of amides is 1. The summed E-state index contributed by atoms with van der Waals surface area (Å²) in [7, 11) is 0. The van der Waals surface area contributed by atoms with E-state index in [2.05, 4.69) is 15.6 Å². The molecule has 9 heteroatoms. The third kappa shape index (κ3) is 2.84. The molecule has 114 valence electrons. The summed E-state index contributed by atoms with van der Waals surface area (Å²) in [6.07, 6.45) is 1.22. The third-order valence-corrected chi connectivity index (χ3v) is 4.03. The van der Waals surface area contributed by atoms with E-state index in [1.165, 1.54) is 6.20 Å². The van der Waals surface area contributed by atoms with E-state index in [-0.39, 0.29) is 23.6 Å². The fourth-order valence-electron chi connectivity index (χ4n) is 2.06. The largest absolute Gasteiger partial charge is 0.482 e. The van der Waals surface area contributed by atoms with Crippen molar-refractivity contribution in [2.24, 2.45) is 0 Å². The fraction of sp³-hybridized carbons (Fsp3) is 0.231. The number of carbonyl (C=O) groups is 1. The first kappa shape index (κ1) is 14.3. The SMILES string of the molecule is C[C@@H](Nc1ncc([N+](=O)[O-])s1)c1ccc2c(c1)NC(=O)CO2. The highest BCUT2D eigenvalue weighted by atomic mass is 32.1. The van der Waals surface area contributed by atoms with Crippen LogP contribution in [0.2, 0.25) is 0 Å². The van der Waals surface area contributed by atoms with Crippen LogP contribution in [0.25, 0.3) is 0 Å². The Morgan fingerprint density at radius 2 is 2.36 bits per heavy atom. The number of hydrogen-bond acceptors (Lipinski definition) is 7. The zero-order chi connectivity index (χ0) is 15.7. The van der Waals surface area contributed by atoms with Gasteiger partial charge in [-0.2, -0.15) is 0 Å². The highest BCUT2D eigenvalue weighted by molar-refractivity contribution is 7.18. The minimum Gasteiger partial charge on any atom is -0.482 e. The molecular weight excluding hydrogens is 308 g/mol. The first-order valence-corrected chi connectivity index (χ1v) is 7.28. The molecule has 8 nitrogen and oxygen atoms in total. The molecule has 1 aliphatic heterocycles. The predicted molar refractivity (Wildman–Crippen MR) is 81.4 cm³/mol. The van der Waals surface area contributed by atoms with Crippen LogP contribution in [0.5, 0.6) is 5.75 Å². The summed E-state index contributed by atoms with van der Waals surface area (Å²) in [6.45, 7) is 1.92. The summed E-state index contributed by atoms with van der Waals surface area (Å²) in [5, 5.41) is 17.0. The minimum atomic E-state index is -0.473. The second-order valence-electron chi connectivity index (χ2n) is 4.72. The number of nitrogens with one attached hydrogen (secondary N) is 2. The highest BCUT2D eigenvalue weighted by Crippen LogP contribution is 2.33. The molecule has 0 radical (unpaired) electrons. The van der Waals surface area contributed by atoms with E-state index < -0.39 is 4.92 Å². The molecule has 3 rings (SSSR count). The Balaban J connectivity index is 1.77. The van der Waals surface area contributed by atoms with Gasteiger partial charge in [0, 0.05) is 0 Å². The lowest BCUT2D eigenvalue weighted by atomic mass is 10.1. The van der Waals surface area contributed by atoms with E-state index in [4.69, 9.17) is 4.74 Å². The highest BCUT2D eigenvalue weighted by Gasteiger charge is 2.18. The third-order valence-electron chi connectivity index (χ3n) is 3.15. The number of anilines is 2. The van der Waals surface area contributed by atoms with Gasteiger partial charge in [0.05, 0.1) is 16.7 Å². The number of fused-ring (bicyclic) bond motifs is 1. The van der Waals surface area contributed by atoms with Gasteiger partial charge in [0.1, 0.15) is 11.9 Å². The van der Waals surface area contributed by atoms with Crippen LogP contribution in [-0.2, 0) is 4.79 Å². The molecule has 0 spiro atoms. The van der Waals surface area contributed by atoms with Gasteiger partial charge in [-0.3, -0.25) is 14.9 Å². The van der Waals surface area contributed by atoms with Gasteiger partial charge in [0.25, 0.3) is 5.91 Å².